The molecule has 0 aliphatic carbocycles. The molecule has 1 N–H and O–H groups in total. The summed E-state index contributed by atoms with van der Waals surface area (Å²) in [5.74, 6) is 1.01. The first-order valence-electron chi connectivity index (χ1n) is 6.40. The Balaban J connectivity index is 2.36. The fourth-order valence-electron chi connectivity index (χ4n) is 2.89. The average molecular weight is 253 g/mol. The maximum Gasteiger partial charge on any atom is 0.132 e. The summed E-state index contributed by atoms with van der Waals surface area (Å²) in [4.78, 5) is 2.26. The highest BCUT2D eigenvalue weighted by Crippen LogP contribution is 2.29. The molecule has 2 heterocycles. The molecule has 1 aliphatic heterocycles. The predicted molar refractivity (Wildman–Crippen MR) is 70.7 cm³/mol. The van der Waals surface area contributed by atoms with Crippen molar-refractivity contribution in [2.75, 3.05) is 18.0 Å². The summed E-state index contributed by atoms with van der Waals surface area (Å²) in [5, 5.41) is 13.9. The monoisotopic (exact) mass is 253 g/mol. The van der Waals surface area contributed by atoms with Crippen molar-refractivity contribution in [3.05, 3.63) is 11.3 Å². The van der Waals surface area contributed by atoms with Crippen LogP contribution in [0.2, 0.25) is 0 Å². The van der Waals surface area contributed by atoms with Crippen LogP contribution in [-0.2, 0) is 18.4 Å². The van der Waals surface area contributed by atoms with E-state index in [1.54, 1.807) is 0 Å². The van der Waals surface area contributed by atoms with Crippen molar-refractivity contribution in [3.63, 3.8) is 0 Å². The fourth-order valence-corrected chi connectivity index (χ4v) is 2.89. The third-order valence-electron chi connectivity index (χ3n) is 3.34. The van der Waals surface area contributed by atoms with Crippen LogP contribution in [0.5, 0.6) is 0 Å². The maximum atomic E-state index is 9.53. The standard InChI is InChI=1S/C13H23N3O2/c1-9-6-16(8-13(3,4)18-9)12-11(7-17)10(2)14-15(12)5/h9,17H,6-8H2,1-5H3. The lowest BCUT2D eigenvalue weighted by molar-refractivity contribution is -0.0753. The van der Waals surface area contributed by atoms with E-state index in [2.05, 4.69) is 30.8 Å². The van der Waals surface area contributed by atoms with Crippen LogP contribution in [0.4, 0.5) is 5.82 Å². The van der Waals surface area contributed by atoms with Gasteiger partial charge in [-0.2, -0.15) is 5.10 Å². The molecule has 0 amide bonds. The van der Waals surface area contributed by atoms with Gasteiger partial charge >= 0.3 is 0 Å². The second kappa shape index (κ2) is 4.55. The second-order valence-electron chi connectivity index (χ2n) is 5.74. The Kier molecular flexibility index (Phi) is 3.38. The quantitative estimate of drug-likeness (QED) is 0.861. The number of hydrogen-bond donors (Lipinski definition) is 1. The highest BCUT2D eigenvalue weighted by Gasteiger charge is 2.33. The third-order valence-corrected chi connectivity index (χ3v) is 3.34. The molecule has 0 radical (unpaired) electrons. The maximum absolute atomic E-state index is 9.53. The lowest BCUT2D eigenvalue weighted by atomic mass is 10.0. The average Bonchev–Trinajstić information content (AvgIpc) is 2.49. The van der Waals surface area contributed by atoms with E-state index in [4.69, 9.17) is 4.74 Å². The van der Waals surface area contributed by atoms with Crippen molar-refractivity contribution >= 4 is 5.82 Å². The van der Waals surface area contributed by atoms with Gasteiger partial charge in [0, 0.05) is 25.7 Å². The van der Waals surface area contributed by atoms with E-state index in [1.807, 2.05) is 18.7 Å². The van der Waals surface area contributed by atoms with Crippen molar-refractivity contribution in [2.45, 2.75) is 46.0 Å². The Bertz CT molecular complexity index is 440. The lowest BCUT2D eigenvalue weighted by Crippen LogP contribution is -2.52. The van der Waals surface area contributed by atoms with Crippen molar-refractivity contribution in [2.24, 2.45) is 7.05 Å². The normalized spacial score (nSPS) is 23.4. The highest BCUT2D eigenvalue weighted by molar-refractivity contribution is 5.50. The molecule has 0 bridgehead atoms. The fraction of sp³-hybridized carbons (Fsp3) is 0.769. The van der Waals surface area contributed by atoms with E-state index < -0.39 is 0 Å². The van der Waals surface area contributed by atoms with Crippen LogP contribution < -0.4 is 4.90 Å². The molecule has 5 heteroatoms. The van der Waals surface area contributed by atoms with Gasteiger partial charge in [0.05, 0.1) is 24.0 Å². The van der Waals surface area contributed by atoms with Gasteiger partial charge in [0.15, 0.2) is 0 Å². The molecule has 0 spiro atoms. The Morgan fingerprint density at radius 2 is 2.17 bits per heavy atom. The van der Waals surface area contributed by atoms with E-state index in [0.29, 0.717) is 0 Å². The molecule has 0 saturated carbocycles. The summed E-state index contributed by atoms with van der Waals surface area (Å²) in [6, 6.07) is 0. The summed E-state index contributed by atoms with van der Waals surface area (Å²) >= 11 is 0. The Morgan fingerprint density at radius 1 is 1.50 bits per heavy atom. The molecule has 102 valence electrons. The van der Waals surface area contributed by atoms with Crippen LogP contribution >= 0.6 is 0 Å². The molecule has 5 nitrogen and oxygen atoms in total. The number of hydrogen-bond acceptors (Lipinski definition) is 4. The molecule has 1 unspecified atom stereocenters. The minimum absolute atomic E-state index is 0.0289. The Morgan fingerprint density at radius 3 is 2.72 bits per heavy atom. The first-order valence-corrected chi connectivity index (χ1v) is 6.40. The van der Waals surface area contributed by atoms with E-state index in [1.165, 1.54) is 0 Å². The molecule has 1 aromatic rings. The third kappa shape index (κ3) is 2.37. The van der Waals surface area contributed by atoms with Gasteiger partial charge in [-0.25, -0.2) is 0 Å². The zero-order chi connectivity index (χ0) is 13.5. The number of anilines is 1. The van der Waals surface area contributed by atoms with Crippen molar-refractivity contribution in [1.29, 1.82) is 0 Å². The Hall–Kier alpha value is -1.07. The Labute approximate surface area is 108 Å². The number of aryl methyl sites for hydroxylation is 2. The molecular formula is C13H23N3O2. The number of nitrogens with zero attached hydrogens (tertiary/aromatic N) is 3. The van der Waals surface area contributed by atoms with E-state index in [0.717, 1.165) is 30.2 Å². The lowest BCUT2D eigenvalue weighted by Gasteiger charge is -2.42. The van der Waals surface area contributed by atoms with Crippen LogP contribution in [0.3, 0.4) is 0 Å². The first kappa shape index (κ1) is 13.4. The van der Waals surface area contributed by atoms with Gasteiger partial charge < -0.3 is 14.7 Å². The summed E-state index contributed by atoms with van der Waals surface area (Å²) < 4.78 is 7.77. The van der Waals surface area contributed by atoms with Gasteiger partial charge in [0.1, 0.15) is 5.82 Å². The van der Waals surface area contributed by atoms with Crippen molar-refractivity contribution in [1.82, 2.24) is 9.78 Å². The van der Waals surface area contributed by atoms with Gasteiger partial charge in [0.2, 0.25) is 0 Å². The van der Waals surface area contributed by atoms with Gasteiger partial charge in [0.25, 0.3) is 0 Å². The van der Waals surface area contributed by atoms with Crippen molar-refractivity contribution < 1.29 is 9.84 Å². The van der Waals surface area contributed by atoms with E-state index in [-0.39, 0.29) is 18.3 Å². The molecule has 1 aromatic heterocycles. The molecule has 1 atom stereocenters. The molecule has 2 rings (SSSR count). The van der Waals surface area contributed by atoms with Crippen LogP contribution in [0, 0.1) is 6.92 Å². The van der Waals surface area contributed by atoms with Gasteiger partial charge in [-0.3, -0.25) is 4.68 Å². The summed E-state index contributed by atoms with van der Waals surface area (Å²) in [5.41, 5.74) is 1.64. The van der Waals surface area contributed by atoms with Crippen LogP contribution in [0.25, 0.3) is 0 Å². The molecule has 18 heavy (non-hydrogen) atoms. The molecule has 1 aliphatic rings. The number of morpholine rings is 1. The predicted octanol–water partition coefficient (Wildman–Crippen LogP) is 1.22. The summed E-state index contributed by atoms with van der Waals surface area (Å²) in [6.07, 6.45) is 0.176. The van der Waals surface area contributed by atoms with E-state index >= 15 is 0 Å². The minimum Gasteiger partial charge on any atom is -0.391 e. The number of aromatic nitrogens is 2. The number of ether oxygens (including phenoxy) is 1. The number of rotatable bonds is 2. The smallest absolute Gasteiger partial charge is 0.132 e. The zero-order valence-electron chi connectivity index (χ0n) is 11.9. The minimum atomic E-state index is -0.178. The zero-order valence-corrected chi connectivity index (χ0v) is 11.9. The molecule has 1 saturated heterocycles. The van der Waals surface area contributed by atoms with Crippen LogP contribution in [-0.4, -0.2) is 39.7 Å². The van der Waals surface area contributed by atoms with Crippen molar-refractivity contribution in [3.8, 4) is 0 Å². The van der Waals surface area contributed by atoms with Gasteiger partial charge in [-0.1, -0.05) is 0 Å². The molecule has 1 fully saturated rings. The summed E-state index contributed by atoms with van der Waals surface area (Å²) in [7, 11) is 1.93. The number of aliphatic hydroxyl groups is 1. The van der Waals surface area contributed by atoms with E-state index in [9.17, 15) is 5.11 Å². The number of aliphatic hydroxyl groups excluding tert-OH is 1. The molecular weight excluding hydrogens is 230 g/mol. The second-order valence-corrected chi connectivity index (χ2v) is 5.74. The van der Waals surface area contributed by atoms with Gasteiger partial charge in [-0.15, -0.1) is 0 Å². The summed E-state index contributed by atoms with van der Waals surface area (Å²) in [6.45, 7) is 9.87. The van der Waals surface area contributed by atoms with Crippen LogP contribution in [0.15, 0.2) is 0 Å². The first-order chi connectivity index (χ1) is 8.34. The SMILES string of the molecule is Cc1nn(C)c(N2CC(C)OC(C)(C)C2)c1CO. The largest absolute Gasteiger partial charge is 0.391 e. The topological polar surface area (TPSA) is 50.5 Å². The van der Waals surface area contributed by atoms with Crippen LogP contribution in [0.1, 0.15) is 32.0 Å². The highest BCUT2D eigenvalue weighted by atomic mass is 16.5. The van der Waals surface area contributed by atoms with Gasteiger partial charge in [-0.05, 0) is 27.7 Å². The molecule has 0 aromatic carbocycles.